The van der Waals surface area contributed by atoms with Gasteiger partial charge in [0.25, 0.3) is 0 Å². The maximum absolute atomic E-state index is 12.4. The van der Waals surface area contributed by atoms with Crippen molar-refractivity contribution >= 4 is 9.73 Å². The van der Waals surface area contributed by atoms with Crippen molar-refractivity contribution in [2.45, 2.75) is 52.5 Å². The monoisotopic (exact) mass is 229 g/mol. The Hall–Kier alpha value is -0.0500. The first-order valence-corrected chi connectivity index (χ1v) is 7.96. The summed E-state index contributed by atoms with van der Waals surface area (Å²) in [7, 11) is -1.80. The van der Waals surface area contributed by atoms with Gasteiger partial charge < -0.3 is 0 Å². The first-order valence-electron chi connectivity index (χ1n) is 6.11. The molecule has 15 heavy (non-hydrogen) atoms. The predicted molar refractivity (Wildman–Crippen MR) is 65.5 cm³/mol. The maximum Gasteiger partial charge on any atom is 0.0595 e. The predicted octanol–water partition coefficient (Wildman–Crippen LogP) is 3.07. The lowest BCUT2D eigenvalue weighted by Gasteiger charge is -2.34. The lowest BCUT2D eigenvalue weighted by atomic mass is 9.77. The van der Waals surface area contributed by atoms with E-state index in [2.05, 4.69) is 25.1 Å². The van der Waals surface area contributed by atoms with Gasteiger partial charge in [-0.2, -0.15) is 0 Å². The molecule has 1 saturated carbocycles. The largest absolute Gasteiger partial charge is 0.250 e. The van der Waals surface area contributed by atoms with Gasteiger partial charge in [0.05, 0.1) is 6.04 Å². The molecule has 2 fully saturated rings. The second-order valence-electron chi connectivity index (χ2n) is 6.16. The Morgan fingerprint density at radius 3 is 2.00 bits per heavy atom. The summed E-state index contributed by atoms with van der Waals surface area (Å²) in [5, 5.41) is 0. The highest BCUT2D eigenvalue weighted by Crippen LogP contribution is 2.36. The summed E-state index contributed by atoms with van der Waals surface area (Å²) < 4.78 is 16.9. The van der Waals surface area contributed by atoms with Crippen LogP contribution in [0.15, 0.2) is 4.36 Å². The van der Waals surface area contributed by atoms with E-state index in [-0.39, 0.29) is 0 Å². The molecule has 3 heteroatoms. The summed E-state index contributed by atoms with van der Waals surface area (Å²) in [6, 6.07) is 0.462. The number of hydrogen-bond donors (Lipinski definition) is 0. The molecule has 1 heterocycles. The Morgan fingerprint density at radius 1 is 1.07 bits per heavy atom. The highest BCUT2D eigenvalue weighted by atomic mass is 32.2. The van der Waals surface area contributed by atoms with Crippen LogP contribution in [-0.4, -0.2) is 21.8 Å². The fourth-order valence-corrected chi connectivity index (χ4v) is 4.80. The Bertz CT molecular complexity index is 329. The Kier molecular flexibility index (Phi) is 2.87. The van der Waals surface area contributed by atoms with Crippen LogP contribution in [0.25, 0.3) is 0 Å². The van der Waals surface area contributed by atoms with E-state index < -0.39 is 9.73 Å². The van der Waals surface area contributed by atoms with Gasteiger partial charge in [-0.15, -0.1) is 0 Å². The molecule has 0 bridgehead atoms. The van der Waals surface area contributed by atoms with E-state index in [1.807, 2.05) is 0 Å². The molecule has 1 saturated heterocycles. The van der Waals surface area contributed by atoms with Crippen LogP contribution >= 0.6 is 0 Å². The minimum Gasteiger partial charge on any atom is -0.250 e. The molecule has 0 aromatic rings. The van der Waals surface area contributed by atoms with Gasteiger partial charge in [0.15, 0.2) is 0 Å². The molecule has 0 radical (unpaired) electrons. The summed E-state index contributed by atoms with van der Waals surface area (Å²) in [4.78, 5) is 0. The molecular formula is C12H23NOS. The van der Waals surface area contributed by atoms with E-state index in [1.165, 1.54) is 12.8 Å². The van der Waals surface area contributed by atoms with Gasteiger partial charge in [-0.25, -0.2) is 8.57 Å². The van der Waals surface area contributed by atoms with Crippen molar-refractivity contribution in [1.29, 1.82) is 0 Å². The second-order valence-corrected chi connectivity index (χ2v) is 8.73. The van der Waals surface area contributed by atoms with Gasteiger partial charge in [-0.3, -0.25) is 0 Å². The van der Waals surface area contributed by atoms with Gasteiger partial charge in [0.1, 0.15) is 0 Å². The molecular weight excluding hydrogens is 206 g/mol. The van der Waals surface area contributed by atoms with E-state index in [4.69, 9.17) is 0 Å². The average Bonchev–Trinajstić information content (AvgIpc) is 2.86. The minimum atomic E-state index is -1.80. The van der Waals surface area contributed by atoms with E-state index in [0.29, 0.717) is 11.5 Å². The molecule has 2 aliphatic rings. The molecule has 0 atom stereocenters. The molecule has 0 aromatic heterocycles. The van der Waals surface area contributed by atoms with Crippen molar-refractivity contribution in [3.63, 3.8) is 0 Å². The average molecular weight is 229 g/mol. The third-order valence-corrected chi connectivity index (χ3v) is 6.11. The zero-order valence-corrected chi connectivity index (χ0v) is 11.0. The Labute approximate surface area is 94.0 Å². The van der Waals surface area contributed by atoms with Crippen LogP contribution in [0.2, 0.25) is 0 Å². The molecule has 0 amide bonds. The third-order valence-electron chi connectivity index (χ3n) is 3.68. The van der Waals surface area contributed by atoms with Crippen LogP contribution in [0.4, 0.5) is 0 Å². The van der Waals surface area contributed by atoms with Gasteiger partial charge >= 0.3 is 0 Å². The summed E-state index contributed by atoms with van der Waals surface area (Å²) >= 11 is 0. The Balaban J connectivity index is 2.00. The molecule has 0 N–H and O–H groups in total. The lowest BCUT2D eigenvalue weighted by Crippen LogP contribution is -2.31. The molecule has 0 aromatic carbocycles. The first-order chi connectivity index (χ1) is 6.89. The smallest absolute Gasteiger partial charge is 0.0595 e. The zero-order chi connectivity index (χ0) is 11.1. The fourth-order valence-electron chi connectivity index (χ4n) is 2.32. The number of nitrogens with zero attached hydrogens (tertiary/aromatic N) is 1. The molecule has 0 unspecified atom stereocenters. The summed E-state index contributed by atoms with van der Waals surface area (Å²) in [6.45, 7) is 6.88. The summed E-state index contributed by atoms with van der Waals surface area (Å²) in [5.74, 6) is 2.44. The van der Waals surface area contributed by atoms with Crippen LogP contribution in [0.5, 0.6) is 0 Å². The van der Waals surface area contributed by atoms with Gasteiger partial charge in [-0.1, -0.05) is 20.8 Å². The van der Waals surface area contributed by atoms with Crippen LogP contribution in [-0.2, 0) is 9.73 Å². The van der Waals surface area contributed by atoms with Crippen molar-refractivity contribution in [3.05, 3.63) is 0 Å². The summed E-state index contributed by atoms with van der Waals surface area (Å²) in [5.41, 5.74) is 0.375. The number of hydrogen-bond acceptors (Lipinski definition) is 2. The molecule has 1 aliphatic carbocycles. The van der Waals surface area contributed by atoms with Crippen LogP contribution in [0, 0.1) is 11.3 Å². The quantitative estimate of drug-likeness (QED) is 0.679. The van der Waals surface area contributed by atoms with E-state index in [9.17, 15) is 4.21 Å². The van der Waals surface area contributed by atoms with Crippen molar-refractivity contribution in [1.82, 2.24) is 0 Å². The molecule has 0 spiro atoms. The molecule has 88 valence electrons. The zero-order valence-electron chi connectivity index (χ0n) is 10.2. The van der Waals surface area contributed by atoms with Crippen LogP contribution < -0.4 is 0 Å². The van der Waals surface area contributed by atoms with Crippen LogP contribution in [0.1, 0.15) is 46.5 Å². The van der Waals surface area contributed by atoms with Gasteiger partial charge in [0, 0.05) is 21.2 Å². The van der Waals surface area contributed by atoms with Gasteiger partial charge in [-0.05, 0) is 37.0 Å². The second kappa shape index (κ2) is 3.76. The lowest BCUT2D eigenvalue weighted by molar-refractivity contribution is 0.223. The maximum atomic E-state index is 12.4. The molecule has 2 rings (SSSR count). The highest BCUT2D eigenvalue weighted by molar-refractivity contribution is 7.93. The van der Waals surface area contributed by atoms with E-state index in [0.717, 1.165) is 30.3 Å². The topological polar surface area (TPSA) is 29.4 Å². The van der Waals surface area contributed by atoms with Gasteiger partial charge in [0.2, 0.25) is 0 Å². The normalized spacial score (nSPS) is 37.7. The SMILES string of the molecule is CC(C)(C)C1CCS(=O)(=NC2CC2)CC1. The van der Waals surface area contributed by atoms with E-state index in [1.54, 1.807) is 0 Å². The number of rotatable bonds is 1. The molecule has 2 nitrogen and oxygen atoms in total. The Morgan fingerprint density at radius 2 is 1.60 bits per heavy atom. The van der Waals surface area contributed by atoms with Crippen molar-refractivity contribution < 1.29 is 4.21 Å². The minimum absolute atomic E-state index is 0.375. The summed E-state index contributed by atoms with van der Waals surface area (Å²) in [6.07, 6.45) is 4.58. The fraction of sp³-hybridized carbons (Fsp3) is 1.00. The third kappa shape index (κ3) is 2.96. The van der Waals surface area contributed by atoms with Crippen molar-refractivity contribution in [2.75, 3.05) is 11.5 Å². The van der Waals surface area contributed by atoms with Crippen LogP contribution in [0.3, 0.4) is 0 Å². The highest BCUT2D eigenvalue weighted by Gasteiger charge is 2.32. The molecule has 1 aliphatic heterocycles. The van der Waals surface area contributed by atoms with E-state index >= 15 is 0 Å². The first kappa shape index (κ1) is 11.4. The van der Waals surface area contributed by atoms with Crippen molar-refractivity contribution in [2.24, 2.45) is 15.7 Å². The standard InChI is InChI=1S/C12H23NOS/c1-12(2,3)10-6-8-15(14,9-7-10)13-11-4-5-11/h10-11H,4-9H2,1-3H3. The van der Waals surface area contributed by atoms with Crippen molar-refractivity contribution in [3.8, 4) is 0 Å².